The first-order valence-corrected chi connectivity index (χ1v) is 4.80. The molecule has 2 N–H and O–H groups in total. The van der Waals surface area contributed by atoms with Crippen molar-refractivity contribution in [1.82, 2.24) is 15.2 Å². The Morgan fingerprint density at radius 3 is 2.73 bits per heavy atom. The zero-order valence-corrected chi connectivity index (χ0v) is 9.03. The molecule has 0 spiro atoms. The number of aromatic amines is 1. The number of hydrogen-bond acceptors (Lipinski definition) is 4. The van der Waals surface area contributed by atoms with Crippen molar-refractivity contribution < 1.29 is 4.42 Å². The number of H-pyrrole nitrogens is 1. The van der Waals surface area contributed by atoms with Gasteiger partial charge >= 0.3 is 6.01 Å². The van der Waals surface area contributed by atoms with Crippen LogP contribution in [0.25, 0.3) is 11.6 Å². The molecule has 0 bridgehead atoms. The fourth-order valence-corrected chi connectivity index (χ4v) is 1.17. The molecule has 0 saturated heterocycles. The maximum absolute atomic E-state index is 5.44. The van der Waals surface area contributed by atoms with Gasteiger partial charge in [0, 0.05) is 11.7 Å². The van der Waals surface area contributed by atoms with Crippen molar-refractivity contribution in [2.45, 2.75) is 26.3 Å². The standard InChI is InChI=1S/C10H14N4O/c1-10(2,3)12-9-14-13-8(15-9)7-5-4-6-11-7/h4-6,11H,1-3H3,(H,12,14). The smallest absolute Gasteiger partial charge is 0.316 e. The van der Waals surface area contributed by atoms with Crippen LogP contribution in [0.3, 0.4) is 0 Å². The molecule has 0 aliphatic heterocycles. The number of nitrogens with one attached hydrogen (secondary N) is 2. The Kier molecular flexibility index (Phi) is 2.22. The van der Waals surface area contributed by atoms with E-state index in [2.05, 4.69) is 20.5 Å². The van der Waals surface area contributed by atoms with Gasteiger partial charge in [-0.25, -0.2) is 0 Å². The summed E-state index contributed by atoms with van der Waals surface area (Å²) in [5.41, 5.74) is 0.740. The van der Waals surface area contributed by atoms with Gasteiger partial charge in [0.2, 0.25) is 0 Å². The zero-order valence-electron chi connectivity index (χ0n) is 9.03. The van der Waals surface area contributed by atoms with Crippen molar-refractivity contribution in [1.29, 1.82) is 0 Å². The topological polar surface area (TPSA) is 66.7 Å². The number of hydrogen-bond donors (Lipinski definition) is 2. The van der Waals surface area contributed by atoms with Crippen LogP contribution in [0.5, 0.6) is 0 Å². The third-order valence-electron chi connectivity index (χ3n) is 1.74. The van der Waals surface area contributed by atoms with Crippen LogP contribution in [0.2, 0.25) is 0 Å². The fraction of sp³-hybridized carbons (Fsp3) is 0.400. The van der Waals surface area contributed by atoms with Gasteiger partial charge in [-0.3, -0.25) is 0 Å². The molecule has 80 valence electrons. The first kappa shape index (κ1) is 9.76. The predicted molar refractivity (Wildman–Crippen MR) is 57.5 cm³/mol. The van der Waals surface area contributed by atoms with E-state index in [4.69, 9.17) is 4.42 Å². The van der Waals surface area contributed by atoms with Crippen molar-refractivity contribution in [2.75, 3.05) is 5.32 Å². The highest BCUT2D eigenvalue weighted by Gasteiger charge is 2.15. The van der Waals surface area contributed by atoms with E-state index in [0.717, 1.165) is 5.69 Å². The average Bonchev–Trinajstić information content (AvgIpc) is 2.68. The monoisotopic (exact) mass is 206 g/mol. The highest BCUT2D eigenvalue weighted by Crippen LogP contribution is 2.19. The van der Waals surface area contributed by atoms with Crippen LogP contribution < -0.4 is 5.32 Å². The minimum absolute atomic E-state index is 0.0838. The Bertz CT molecular complexity index is 424. The van der Waals surface area contributed by atoms with E-state index in [1.165, 1.54) is 0 Å². The van der Waals surface area contributed by atoms with Gasteiger partial charge in [0.15, 0.2) is 0 Å². The Hall–Kier alpha value is -1.78. The number of rotatable bonds is 2. The molecule has 2 rings (SSSR count). The summed E-state index contributed by atoms with van der Waals surface area (Å²) >= 11 is 0. The molecule has 0 aliphatic carbocycles. The first-order valence-electron chi connectivity index (χ1n) is 4.80. The molecule has 0 saturated carbocycles. The summed E-state index contributed by atoms with van der Waals surface area (Å²) in [5.74, 6) is 0.492. The molecule has 0 amide bonds. The predicted octanol–water partition coefficient (Wildman–Crippen LogP) is 2.28. The van der Waals surface area contributed by atoms with Crippen LogP contribution in [-0.2, 0) is 0 Å². The second-order valence-electron chi connectivity index (χ2n) is 4.37. The molecular formula is C10H14N4O. The van der Waals surface area contributed by atoms with Crippen LogP contribution in [0.1, 0.15) is 20.8 Å². The molecule has 2 aromatic rings. The summed E-state index contributed by atoms with van der Waals surface area (Å²) in [7, 11) is 0. The lowest BCUT2D eigenvalue weighted by molar-refractivity contribution is 0.537. The quantitative estimate of drug-likeness (QED) is 0.791. The van der Waals surface area contributed by atoms with Crippen molar-refractivity contribution in [2.24, 2.45) is 0 Å². The molecule has 0 atom stereocenters. The first-order chi connectivity index (χ1) is 7.04. The fourth-order valence-electron chi connectivity index (χ4n) is 1.17. The van der Waals surface area contributed by atoms with E-state index in [1.807, 2.05) is 39.1 Å². The molecule has 2 heterocycles. The lowest BCUT2D eigenvalue weighted by Crippen LogP contribution is -2.26. The van der Waals surface area contributed by atoms with Crippen LogP contribution in [0.15, 0.2) is 22.7 Å². The van der Waals surface area contributed by atoms with E-state index in [9.17, 15) is 0 Å². The summed E-state index contributed by atoms with van der Waals surface area (Å²) in [6.45, 7) is 6.10. The molecule has 0 radical (unpaired) electrons. The van der Waals surface area contributed by atoms with Crippen LogP contribution in [0, 0.1) is 0 Å². The van der Waals surface area contributed by atoms with Gasteiger partial charge in [0.05, 0.1) is 0 Å². The van der Waals surface area contributed by atoms with E-state index in [-0.39, 0.29) is 5.54 Å². The third kappa shape index (κ3) is 2.37. The summed E-state index contributed by atoms with van der Waals surface area (Å²) in [4.78, 5) is 3.01. The highest BCUT2D eigenvalue weighted by atomic mass is 16.4. The lowest BCUT2D eigenvalue weighted by atomic mass is 10.1. The van der Waals surface area contributed by atoms with Crippen LogP contribution in [0.4, 0.5) is 6.01 Å². The summed E-state index contributed by atoms with van der Waals surface area (Å²) in [6.07, 6.45) is 1.82. The molecule has 0 aromatic carbocycles. The third-order valence-corrected chi connectivity index (χ3v) is 1.74. The molecule has 0 aliphatic rings. The van der Waals surface area contributed by atoms with E-state index in [1.54, 1.807) is 0 Å². The maximum Gasteiger partial charge on any atom is 0.316 e. The van der Waals surface area contributed by atoms with Crippen LogP contribution >= 0.6 is 0 Å². The van der Waals surface area contributed by atoms with Crippen LogP contribution in [-0.4, -0.2) is 20.7 Å². The van der Waals surface area contributed by atoms with E-state index in [0.29, 0.717) is 11.9 Å². The second kappa shape index (κ2) is 3.42. The molecule has 5 heteroatoms. The molecule has 0 unspecified atom stereocenters. The summed E-state index contributed by atoms with van der Waals surface area (Å²) in [5, 5.41) is 11.0. The molecule has 2 aromatic heterocycles. The maximum atomic E-state index is 5.44. The van der Waals surface area contributed by atoms with Gasteiger partial charge in [0.25, 0.3) is 5.89 Å². The van der Waals surface area contributed by atoms with Gasteiger partial charge in [-0.2, -0.15) is 0 Å². The average molecular weight is 206 g/mol. The Morgan fingerprint density at radius 1 is 1.33 bits per heavy atom. The second-order valence-corrected chi connectivity index (χ2v) is 4.37. The van der Waals surface area contributed by atoms with Crippen molar-refractivity contribution in [3.8, 4) is 11.6 Å². The van der Waals surface area contributed by atoms with Gasteiger partial charge < -0.3 is 14.7 Å². The van der Waals surface area contributed by atoms with E-state index < -0.39 is 0 Å². The van der Waals surface area contributed by atoms with Crippen molar-refractivity contribution >= 4 is 6.01 Å². The SMILES string of the molecule is CC(C)(C)Nc1nnc(-c2ccc[nH]2)o1. The highest BCUT2D eigenvalue weighted by molar-refractivity contribution is 5.47. The molecule has 0 fully saturated rings. The Balaban J connectivity index is 2.18. The number of nitrogens with zero attached hydrogens (tertiary/aromatic N) is 2. The van der Waals surface area contributed by atoms with Crippen molar-refractivity contribution in [3.63, 3.8) is 0 Å². The number of anilines is 1. The Morgan fingerprint density at radius 2 is 2.13 bits per heavy atom. The van der Waals surface area contributed by atoms with Gasteiger partial charge in [-0.1, -0.05) is 5.10 Å². The van der Waals surface area contributed by atoms with E-state index >= 15 is 0 Å². The minimum atomic E-state index is -0.0838. The van der Waals surface area contributed by atoms with Gasteiger partial charge in [-0.15, -0.1) is 5.10 Å². The minimum Gasteiger partial charge on any atom is -0.402 e. The molecule has 5 nitrogen and oxygen atoms in total. The lowest BCUT2D eigenvalue weighted by Gasteiger charge is -2.17. The van der Waals surface area contributed by atoms with Gasteiger partial charge in [0.1, 0.15) is 5.69 Å². The van der Waals surface area contributed by atoms with Crippen molar-refractivity contribution in [3.05, 3.63) is 18.3 Å². The number of aromatic nitrogens is 3. The Labute approximate surface area is 87.9 Å². The largest absolute Gasteiger partial charge is 0.402 e. The summed E-state index contributed by atoms with van der Waals surface area (Å²) < 4.78 is 5.44. The zero-order chi connectivity index (χ0) is 10.9. The molecular weight excluding hydrogens is 192 g/mol. The normalized spacial score (nSPS) is 11.7. The summed E-state index contributed by atoms with van der Waals surface area (Å²) in [6, 6.07) is 4.21. The van der Waals surface area contributed by atoms with Gasteiger partial charge in [-0.05, 0) is 32.9 Å². The molecule has 15 heavy (non-hydrogen) atoms.